The maximum atomic E-state index is 12.0. The summed E-state index contributed by atoms with van der Waals surface area (Å²) in [4.78, 5) is 19.6. The number of fused-ring (bicyclic) bond motifs is 2. The molecule has 0 spiro atoms. The summed E-state index contributed by atoms with van der Waals surface area (Å²) in [5.74, 6) is 0. The van der Waals surface area contributed by atoms with E-state index in [-0.39, 0.29) is 10.8 Å². The first-order valence-electron chi connectivity index (χ1n) is 7.80. The Bertz CT molecular complexity index is 1120. The van der Waals surface area contributed by atoms with Crippen molar-refractivity contribution in [3.8, 4) is 0 Å². The van der Waals surface area contributed by atoms with E-state index in [1.807, 2.05) is 42.5 Å². The van der Waals surface area contributed by atoms with Crippen molar-refractivity contribution in [1.82, 2.24) is 9.97 Å². The average molecular weight is 332 g/mol. The molecule has 2 heterocycles. The van der Waals surface area contributed by atoms with Crippen molar-refractivity contribution in [3.05, 3.63) is 87.8 Å². The smallest absolute Gasteiger partial charge is 0.248 e. The minimum Gasteiger partial charge on any atom is -0.322 e. The summed E-state index contributed by atoms with van der Waals surface area (Å²) < 4.78 is 0. The van der Waals surface area contributed by atoms with Crippen molar-refractivity contribution < 1.29 is 0 Å². The lowest BCUT2D eigenvalue weighted by Gasteiger charge is -2.15. The molecule has 2 aromatic heterocycles. The van der Waals surface area contributed by atoms with Crippen molar-refractivity contribution >= 4 is 34.4 Å². The zero-order chi connectivity index (χ0) is 16.7. The Morgan fingerprint density at radius 2 is 1.71 bits per heavy atom. The number of benzene rings is 2. The molecule has 1 atom stereocenters. The molecule has 4 rings (SSSR count). The standard InChI is InChI=1S/C20H16N2OS/c1-12-10-18(21-16-8-4-2-6-13(12)16)20(24)15-11-19(23)22-17-9-5-3-7-14(15)17/h2-11,20,24H,1H3,(H,22,23). The van der Waals surface area contributed by atoms with E-state index >= 15 is 0 Å². The second-order valence-corrected chi connectivity index (χ2v) is 6.43. The minimum absolute atomic E-state index is 0.125. The van der Waals surface area contributed by atoms with Gasteiger partial charge in [0.25, 0.3) is 0 Å². The molecule has 0 aliphatic rings. The third-order valence-electron chi connectivity index (χ3n) is 4.30. The maximum absolute atomic E-state index is 12.0. The molecule has 0 saturated heterocycles. The summed E-state index contributed by atoms with van der Waals surface area (Å²) in [6, 6.07) is 19.5. The highest BCUT2D eigenvalue weighted by Gasteiger charge is 2.16. The van der Waals surface area contributed by atoms with Gasteiger partial charge in [-0.15, -0.1) is 0 Å². The van der Waals surface area contributed by atoms with Crippen molar-refractivity contribution in [3.63, 3.8) is 0 Å². The zero-order valence-electron chi connectivity index (χ0n) is 13.2. The number of hydrogen-bond donors (Lipinski definition) is 2. The molecule has 0 aliphatic heterocycles. The fraction of sp³-hybridized carbons (Fsp3) is 0.100. The number of hydrogen-bond acceptors (Lipinski definition) is 3. The highest BCUT2D eigenvalue weighted by Crippen LogP contribution is 2.32. The Kier molecular flexibility index (Phi) is 3.62. The van der Waals surface area contributed by atoms with Crippen LogP contribution in [-0.4, -0.2) is 9.97 Å². The summed E-state index contributed by atoms with van der Waals surface area (Å²) in [5, 5.41) is 1.86. The van der Waals surface area contributed by atoms with Gasteiger partial charge in [-0.05, 0) is 36.2 Å². The predicted molar refractivity (Wildman–Crippen MR) is 102 cm³/mol. The van der Waals surface area contributed by atoms with E-state index in [2.05, 4.69) is 24.0 Å². The first-order chi connectivity index (χ1) is 11.6. The van der Waals surface area contributed by atoms with Crippen LogP contribution in [0.25, 0.3) is 21.8 Å². The normalized spacial score (nSPS) is 12.6. The second-order valence-electron chi connectivity index (χ2n) is 5.92. The van der Waals surface area contributed by atoms with Gasteiger partial charge in [-0.1, -0.05) is 36.4 Å². The van der Waals surface area contributed by atoms with Gasteiger partial charge in [0.2, 0.25) is 5.56 Å². The number of aromatic nitrogens is 2. The van der Waals surface area contributed by atoms with Crippen LogP contribution in [0.15, 0.2) is 65.5 Å². The predicted octanol–water partition coefficient (Wildman–Crippen LogP) is 4.40. The fourth-order valence-electron chi connectivity index (χ4n) is 3.13. The Labute approximate surface area is 144 Å². The Morgan fingerprint density at radius 3 is 2.54 bits per heavy atom. The van der Waals surface area contributed by atoms with Gasteiger partial charge >= 0.3 is 0 Å². The number of aryl methyl sites for hydroxylation is 1. The molecular weight excluding hydrogens is 316 g/mol. The molecule has 1 N–H and O–H groups in total. The maximum Gasteiger partial charge on any atom is 0.248 e. The van der Waals surface area contributed by atoms with Gasteiger partial charge < -0.3 is 4.98 Å². The fourth-order valence-corrected chi connectivity index (χ4v) is 3.48. The highest BCUT2D eigenvalue weighted by molar-refractivity contribution is 7.80. The summed E-state index contributed by atoms with van der Waals surface area (Å²) in [5.41, 5.74) is 4.52. The Morgan fingerprint density at radius 1 is 1.00 bits per heavy atom. The summed E-state index contributed by atoms with van der Waals surface area (Å²) in [6.07, 6.45) is 0. The van der Waals surface area contributed by atoms with Crippen molar-refractivity contribution in [1.29, 1.82) is 0 Å². The van der Waals surface area contributed by atoms with Crippen LogP contribution in [0.2, 0.25) is 0 Å². The molecule has 4 heteroatoms. The summed E-state index contributed by atoms with van der Waals surface area (Å²) >= 11 is 4.79. The number of H-pyrrole nitrogens is 1. The molecular formula is C20H16N2OS. The Balaban J connectivity index is 1.94. The topological polar surface area (TPSA) is 45.8 Å². The molecule has 1 unspecified atom stereocenters. The molecule has 0 fully saturated rings. The lowest BCUT2D eigenvalue weighted by Crippen LogP contribution is -2.09. The molecule has 0 radical (unpaired) electrons. The molecule has 3 nitrogen and oxygen atoms in total. The van der Waals surface area contributed by atoms with E-state index in [0.717, 1.165) is 38.6 Å². The van der Waals surface area contributed by atoms with E-state index in [1.54, 1.807) is 6.07 Å². The lowest BCUT2D eigenvalue weighted by molar-refractivity contribution is 1.07. The van der Waals surface area contributed by atoms with Crippen LogP contribution < -0.4 is 5.56 Å². The van der Waals surface area contributed by atoms with Crippen LogP contribution in [0.5, 0.6) is 0 Å². The van der Waals surface area contributed by atoms with E-state index in [9.17, 15) is 4.79 Å². The van der Waals surface area contributed by atoms with Crippen LogP contribution in [0.1, 0.15) is 22.1 Å². The molecule has 0 bridgehead atoms. The minimum atomic E-state index is -0.263. The lowest BCUT2D eigenvalue weighted by atomic mass is 10.0. The monoisotopic (exact) mass is 332 g/mol. The molecule has 2 aromatic carbocycles. The van der Waals surface area contributed by atoms with Gasteiger partial charge in [0, 0.05) is 22.4 Å². The van der Waals surface area contributed by atoms with E-state index in [0.29, 0.717) is 0 Å². The van der Waals surface area contributed by atoms with Gasteiger partial charge in [0.15, 0.2) is 0 Å². The highest BCUT2D eigenvalue weighted by atomic mass is 32.1. The number of para-hydroxylation sites is 2. The molecule has 4 aromatic rings. The third-order valence-corrected chi connectivity index (χ3v) is 4.84. The van der Waals surface area contributed by atoms with Crippen molar-refractivity contribution in [2.45, 2.75) is 12.2 Å². The number of aromatic amines is 1. The van der Waals surface area contributed by atoms with Crippen molar-refractivity contribution in [2.75, 3.05) is 0 Å². The summed E-state index contributed by atoms with van der Waals surface area (Å²) in [7, 11) is 0. The molecule has 0 aliphatic carbocycles. The zero-order valence-corrected chi connectivity index (χ0v) is 14.0. The third kappa shape index (κ3) is 2.49. The number of nitrogens with zero attached hydrogens (tertiary/aromatic N) is 1. The number of pyridine rings is 2. The van der Waals surface area contributed by atoms with E-state index in [4.69, 9.17) is 17.6 Å². The largest absolute Gasteiger partial charge is 0.322 e. The van der Waals surface area contributed by atoms with Crippen LogP contribution in [0.3, 0.4) is 0 Å². The number of rotatable bonds is 2. The SMILES string of the molecule is Cc1cc(C(S)c2cc(=O)[nH]c3ccccc23)nc2ccccc12. The van der Waals surface area contributed by atoms with Crippen LogP contribution in [0, 0.1) is 6.92 Å². The average Bonchev–Trinajstić information content (AvgIpc) is 2.60. The molecule has 0 amide bonds. The van der Waals surface area contributed by atoms with Gasteiger partial charge in [0.1, 0.15) is 0 Å². The van der Waals surface area contributed by atoms with Crippen LogP contribution >= 0.6 is 12.6 Å². The summed E-state index contributed by atoms with van der Waals surface area (Å²) in [6.45, 7) is 2.07. The van der Waals surface area contributed by atoms with Crippen molar-refractivity contribution in [2.24, 2.45) is 0 Å². The van der Waals surface area contributed by atoms with Crippen LogP contribution in [-0.2, 0) is 0 Å². The van der Waals surface area contributed by atoms with Crippen LogP contribution in [0.4, 0.5) is 0 Å². The van der Waals surface area contributed by atoms with Gasteiger partial charge in [-0.25, -0.2) is 0 Å². The molecule has 24 heavy (non-hydrogen) atoms. The number of nitrogens with one attached hydrogen (secondary N) is 1. The van der Waals surface area contributed by atoms with E-state index in [1.165, 1.54) is 0 Å². The number of thiol groups is 1. The first-order valence-corrected chi connectivity index (χ1v) is 8.31. The Hall–Kier alpha value is -2.59. The molecule has 118 valence electrons. The van der Waals surface area contributed by atoms with Gasteiger partial charge in [-0.3, -0.25) is 9.78 Å². The van der Waals surface area contributed by atoms with Gasteiger partial charge in [0.05, 0.1) is 16.5 Å². The first kappa shape index (κ1) is 15.0. The molecule has 0 saturated carbocycles. The quantitative estimate of drug-likeness (QED) is 0.534. The van der Waals surface area contributed by atoms with E-state index < -0.39 is 0 Å². The second kappa shape index (κ2) is 5.80. The van der Waals surface area contributed by atoms with Gasteiger partial charge in [-0.2, -0.15) is 12.6 Å².